The maximum atomic E-state index is 6.08. The predicted molar refractivity (Wildman–Crippen MR) is 88.3 cm³/mol. The Hall–Kier alpha value is -1.24. The molecule has 1 aliphatic rings. The molecule has 0 aromatic carbocycles. The van der Waals surface area contributed by atoms with Gasteiger partial charge in [0, 0.05) is 23.4 Å². The molecule has 0 bridgehead atoms. The standard InChI is InChI=1S/C15H17IN4/c1-9-6-7-11(8-18-9)15-19-13(10-4-2-3-5-10)12(16)14(17)20-15/h6-8,10H,2-5H2,1H3,(H2,17,19,20). The van der Waals surface area contributed by atoms with Crippen LogP contribution in [0.15, 0.2) is 18.3 Å². The van der Waals surface area contributed by atoms with Gasteiger partial charge in [0.05, 0.1) is 9.26 Å². The number of aromatic nitrogens is 3. The van der Waals surface area contributed by atoms with Crippen LogP contribution >= 0.6 is 22.6 Å². The van der Waals surface area contributed by atoms with Crippen molar-refractivity contribution < 1.29 is 0 Å². The van der Waals surface area contributed by atoms with E-state index in [1.807, 2.05) is 25.3 Å². The molecule has 4 nitrogen and oxygen atoms in total. The van der Waals surface area contributed by atoms with Crippen molar-refractivity contribution in [3.63, 3.8) is 0 Å². The van der Waals surface area contributed by atoms with Gasteiger partial charge in [-0.2, -0.15) is 0 Å². The highest BCUT2D eigenvalue weighted by Gasteiger charge is 2.23. The maximum Gasteiger partial charge on any atom is 0.163 e. The Balaban J connectivity index is 2.05. The Morgan fingerprint density at radius 2 is 1.95 bits per heavy atom. The number of halogens is 1. The number of aryl methyl sites for hydroxylation is 1. The molecular weight excluding hydrogens is 363 g/mol. The Labute approximate surface area is 132 Å². The number of pyridine rings is 1. The second kappa shape index (κ2) is 5.63. The fraction of sp³-hybridized carbons (Fsp3) is 0.400. The Morgan fingerprint density at radius 3 is 2.60 bits per heavy atom. The largest absolute Gasteiger partial charge is 0.383 e. The molecule has 1 aliphatic carbocycles. The van der Waals surface area contributed by atoms with E-state index < -0.39 is 0 Å². The molecular formula is C15H17IN4. The highest BCUT2D eigenvalue weighted by atomic mass is 127. The lowest BCUT2D eigenvalue weighted by molar-refractivity contribution is 0.691. The van der Waals surface area contributed by atoms with E-state index in [-0.39, 0.29) is 0 Å². The van der Waals surface area contributed by atoms with Crippen LogP contribution in [0.5, 0.6) is 0 Å². The van der Waals surface area contributed by atoms with Crippen LogP contribution in [-0.4, -0.2) is 15.0 Å². The highest BCUT2D eigenvalue weighted by Crippen LogP contribution is 2.37. The van der Waals surface area contributed by atoms with Gasteiger partial charge in [-0.15, -0.1) is 0 Å². The molecule has 2 aromatic rings. The normalized spacial score (nSPS) is 15.7. The zero-order valence-electron chi connectivity index (χ0n) is 11.4. The molecule has 0 saturated heterocycles. The lowest BCUT2D eigenvalue weighted by atomic mass is 10.0. The Kier molecular flexibility index (Phi) is 3.87. The molecule has 1 saturated carbocycles. The summed E-state index contributed by atoms with van der Waals surface area (Å²) >= 11 is 2.27. The number of nitrogens with zero attached hydrogens (tertiary/aromatic N) is 3. The molecule has 0 aliphatic heterocycles. The molecule has 104 valence electrons. The van der Waals surface area contributed by atoms with Crippen LogP contribution in [-0.2, 0) is 0 Å². The predicted octanol–water partition coefficient (Wildman–Crippen LogP) is 3.69. The van der Waals surface area contributed by atoms with Crippen LogP contribution in [0.25, 0.3) is 11.4 Å². The summed E-state index contributed by atoms with van der Waals surface area (Å²) in [4.78, 5) is 13.5. The molecule has 2 N–H and O–H groups in total. The lowest BCUT2D eigenvalue weighted by Gasteiger charge is -2.14. The molecule has 0 radical (unpaired) electrons. The van der Waals surface area contributed by atoms with E-state index in [0.717, 1.165) is 20.5 Å². The van der Waals surface area contributed by atoms with E-state index in [0.29, 0.717) is 17.6 Å². The third kappa shape index (κ3) is 2.63. The van der Waals surface area contributed by atoms with Gasteiger partial charge in [-0.1, -0.05) is 12.8 Å². The number of nitrogens with two attached hydrogens (primary N) is 1. The first kappa shape index (κ1) is 13.7. The molecule has 20 heavy (non-hydrogen) atoms. The van der Waals surface area contributed by atoms with Crippen LogP contribution in [0.1, 0.15) is 43.0 Å². The monoisotopic (exact) mass is 380 g/mol. The van der Waals surface area contributed by atoms with E-state index in [4.69, 9.17) is 10.7 Å². The maximum absolute atomic E-state index is 6.08. The van der Waals surface area contributed by atoms with E-state index in [1.165, 1.54) is 25.7 Å². The van der Waals surface area contributed by atoms with Gasteiger partial charge < -0.3 is 5.73 Å². The first-order chi connectivity index (χ1) is 9.65. The van der Waals surface area contributed by atoms with Crippen molar-refractivity contribution >= 4 is 28.4 Å². The van der Waals surface area contributed by atoms with Crippen molar-refractivity contribution in [1.82, 2.24) is 15.0 Å². The molecule has 1 fully saturated rings. The van der Waals surface area contributed by atoms with E-state index in [9.17, 15) is 0 Å². The first-order valence-electron chi connectivity index (χ1n) is 6.91. The summed E-state index contributed by atoms with van der Waals surface area (Å²) < 4.78 is 1.01. The fourth-order valence-electron chi connectivity index (χ4n) is 2.68. The van der Waals surface area contributed by atoms with Gasteiger partial charge in [0.15, 0.2) is 5.82 Å². The quantitative estimate of drug-likeness (QED) is 0.808. The third-order valence-electron chi connectivity index (χ3n) is 3.81. The molecule has 0 spiro atoms. The SMILES string of the molecule is Cc1ccc(-c2nc(N)c(I)c(C3CCCC3)n2)cn1. The van der Waals surface area contributed by atoms with Crippen molar-refractivity contribution in [3.8, 4) is 11.4 Å². The minimum absolute atomic E-state index is 0.532. The smallest absolute Gasteiger partial charge is 0.163 e. The summed E-state index contributed by atoms with van der Waals surface area (Å²) in [6.45, 7) is 1.97. The van der Waals surface area contributed by atoms with Crippen LogP contribution in [0.4, 0.5) is 5.82 Å². The average molecular weight is 380 g/mol. The van der Waals surface area contributed by atoms with Crippen molar-refractivity contribution in [2.24, 2.45) is 0 Å². The lowest BCUT2D eigenvalue weighted by Crippen LogP contribution is -2.08. The van der Waals surface area contributed by atoms with Crippen LogP contribution in [0, 0.1) is 10.5 Å². The topological polar surface area (TPSA) is 64.7 Å². The Morgan fingerprint density at radius 1 is 1.20 bits per heavy atom. The van der Waals surface area contributed by atoms with Gasteiger partial charge in [-0.25, -0.2) is 9.97 Å². The number of hydrogen-bond donors (Lipinski definition) is 1. The molecule has 0 amide bonds. The van der Waals surface area contributed by atoms with Crippen LogP contribution in [0.2, 0.25) is 0 Å². The van der Waals surface area contributed by atoms with Crippen molar-refractivity contribution in [1.29, 1.82) is 0 Å². The average Bonchev–Trinajstić information content (AvgIpc) is 2.96. The minimum Gasteiger partial charge on any atom is -0.383 e. The summed E-state index contributed by atoms with van der Waals surface area (Å²) in [5.74, 6) is 1.81. The zero-order valence-corrected chi connectivity index (χ0v) is 13.6. The van der Waals surface area contributed by atoms with E-state index in [2.05, 4.69) is 32.6 Å². The number of nitrogen functional groups attached to an aromatic ring is 1. The van der Waals surface area contributed by atoms with E-state index in [1.54, 1.807) is 0 Å². The molecule has 2 heterocycles. The summed E-state index contributed by atoms with van der Waals surface area (Å²) in [6.07, 6.45) is 6.80. The third-order valence-corrected chi connectivity index (χ3v) is 4.92. The molecule has 0 unspecified atom stereocenters. The van der Waals surface area contributed by atoms with Gasteiger partial charge in [-0.3, -0.25) is 4.98 Å². The highest BCUT2D eigenvalue weighted by molar-refractivity contribution is 14.1. The molecule has 5 heteroatoms. The molecule has 0 atom stereocenters. The molecule has 3 rings (SSSR count). The summed E-state index contributed by atoms with van der Waals surface area (Å²) in [5, 5.41) is 0. The number of rotatable bonds is 2. The zero-order chi connectivity index (χ0) is 14.1. The number of anilines is 1. The summed E-state index contributed by atoms with van der Waals surface area (Å²) in [6, 6.07) is 3.98. The van der Waals surface area contributed by atoms with Crippen molar-refractivity contribution in [2.45, 2.75) is 38.5 Å². The Bertz CT molecular complexity index is 619. The second-order valence-corrected chi connectivity index (χ2v) is 6.38. The van der Waals surface area contributed by atoms with Crippen molar-refractivity contribution in [3.05, 3.63) is 33.3 Å². The van der Waals surface area contributed by atoms with E-state index >= 15 is 0 Å². The second-order valence-electron chi connectivity index (χ2n) is 5.30. The molecule has 2 aromatic heterocycles. The summed E-state index contributed by atoms with van der Waals surface area (Å²) in [5.41, 5.74) is 9.11. The van der Waals surface area contributed by atoms with Gasteiger partial charge in [0.1, 0.15) is 5.82 Å². The minimum atomic E-state index is 0.532. The number of hydrogen-bond acceptors (Lipinski definition) is 4. The first-order valence-corrected chi connectivity index (χ1v) is 7.99. The van der Waals surface area contributed by atoms with Crippen LogP contribution in [0.3, 0.4) is 0 Å². The fourth-order valence-corrected chi connectivity index (χ4v) is 3.36. The van der Waals surface area contributed by atoms with Crippen molar-refractivity contribution in [2.75, 3.05) is 5.73 Å². The van der Waals surface area contributed by atoms with Gasteiger partial charge in [0.25, 0.3) is 0 Å². The summed E-state index contributed by atoms with van der Waals surface area (Å²) in [7, 11) is 0. The van der Waals surface area contributed by atoms with Gasteiger partial charge >= 0.3 is 0 Å². The van der Waals surface area contributed by atoms with Gasteiger partial charge in [0.2, 0.25) is 0 Å². The van der Waals surface area contributed by atoms with Crippen LogP contribution < -0.4 is 5.73 Å². The van der Waals surface area contributed by atoms with Gasteiger partial charge in [-0.05, 0) is 54.5 Å².